The first kappa shape index (κ1) is 14.8. The molecule has 1 saturated carbocycles. The number of aliphatic hydroxyl groups excluding tert-OH is 1. The van der Waals surface area contributed by atoms with Crippen LogP contribution in [0.2, 0.25) is 5.15 Å². The van der Waals surface area contributed by atoms with Gasteiger partial charge in [0.15, 0.2) is 0 Å². The van der Waals surface area contributed by atoms with Crippen molar-refractivity contribution in [2.75, 3.05) is 6.54 Å². The van der Waals surface area contributed by atoms with Crippen LogP contribution in [0, 0.1) is 5.92 Å². The van der Waals surface area contributed by atoms with Gasteiger partial charge in [-0.2, -0.15) is 0 Å². The van der Waals surface area contributed by atoms with Crippen LogP contribution in [-0.2, 0) is 17.1 Å². The smallest absolute Gasteiger partial charge is 0.261 e. The summed E-state index contributed by atoms with van der Waals surface area (Å²) in [6.07, 6.45) is 4.50. The van der Waals surface area contributed by atoms with Crippen LogP contribution in [-0.4, -0.2) is 35.7 Å². The second kappa shape index (κ2) is 5.78. The standard InChI is InChI=1S/C11H18ClN3O3S/c1-15-7-13-11(10(15)12)19(17,18)14-6-8-4-2-3-5-9(8)16/h7-9,14,16H,2-6H2,1H3. The van der Waals surface area contributed by atoms with Crippen molar-refractivity contribution in [2.45, 2.75) is 36.8 Å². The Kier molecular flexibility index (Phi) is 4.50. The number of halogens is 1. The summed E-state index contributed by atoms with van der Waals surface area (Å²) in [6, 6.07) is 0. The number of hydrogen-bond acceptors (Lipinski definition) is 4. The van der Waals surface area contributed by atoms with E-state index in [1.807, 2.05) is 0 Å². The summed E-state index contributed by atoms with van der Waals surface area (Å²) in [5, 5.41) is 9.73. The van der Waals surface area contributed by atoms with Crippen LogP contribution in [0.25, 0.3) is 0 Å². The van der Waals surface area contributed by atoms with Crippen molar-refractivity contribution in [1.82, 2.24) is 14.3 Å². The lowest BCUT2D eigenvalue weighted by Gasteiger charge is -2.27. The van der Waals surface area contributed by atoms with Crippen molar-refractivity contribution in [2.24, 2.45) is 13.0 Å². The van der Waals surface area contributed by atoms with E-state index in [1.54, 1.807) is 7.05 Å². The zero-order valence-electron chi connectivity index (χ0n) is 10.7. The number of nitrogens with zero attached hydrogens (tertiary/aromatic N) is 2. The highest BCUT2D eigenvalue weighted by molar-refractivity contribution is 7.89. The predicted octanol–water partition coefficient (Wildman–Crippen LogP) is 0.903. The number of aliphatic hydroxyl groups is 1. The molecule has 1 aromatic rings. The van der Waals surface area contributed by atoms with Crippen LogP contribution >= 0.6 is 11.6 Å². The highest BCUT2D eigenvalue weighted by Crippen LogP contribution is 2.24. The average molecular weight is 308 g/mol. The first-order chi connectivity index (χ1) is 8.92. The molecule has 0 aliphatic heterocycles. The summed E-state index contributed by atoms with van der Waals surface area (Å²) in [6.45, 7) is 0.219. The van der Waals surface area contributed by atoms with E-state index in [4.69, 9.17) is 11.6 Å². The maximum Gasteiger partial charge on any atom is 0.261 e. The van der Waals surface area contributed by atoms with Gasteiger partial charge in [-0.3, -0.25) is 0 Å². The third-order valence-electron chi connectivity index (χ3n) is 3.49. The van der Waals surface area contributed by atoms with Gasteiger partial charge in [-0.25, -0.2) is 18.1 Å². The molecule has 19 heavy (non-hydrogen) atoms. The Hall–Kier alpha value is -0.630. The molecule has 1 heterocycles. The van der Waals surface area contributed by atoms with Crippen molar-refractivity contribution < 1.29 is 13.5 Å². The topological polar surface area (TPSA) is 84.2 Å². The van der Waals surface area contributed by atoms with Crippen molar-refractivity contribution in [3.63, 3.8) is 0 Å². The Labute approximate surface area is 117 Å². The summed E-state index contributed by atoms with van der Waals surface area (Å²) < 4.78 is 28.0. The van der Waals surface area contributed by atoms with E-state index >= 15 is 0 Å². The molecule has 108 valence electrons. The third kappa shape index (κ3) is 3.28. The van der Waals surface area contributed by atoms with E-state index < -0.39 is 16.1 Å². The van der Waals surface area contributed by atoms with Gasteiger partial charge >= 0.3 is 0 Å². The SMILES string of the molecule is Cn1cnc(S(=O)(=O)NCC2CCCCC2O)c1Cl. The molecule has 2 rings (SSSR count). The van der Waals surface area contributed by atoms with Gasteiger partial charge in [-0.15, -0.1) is 0 Å². The van der Waals surface area contributed by atoms with E-state index in [0.717, 1.165) is 25.7 Å². The predicted molar refractivity (Wildman–Crippen MR) is 71.4 cm³/mol. The molecule has 1 aliphatic rings. The van der Waals surface area contributed by atoms with Crippen LogP contribution in [0.3, 0.4) is 0 Å². The van der Waals surface area contributed by atoms with Gasteiger partial charge < -0.3 is 9.67 Å². The minimum Gasteiger partial charge on any atom is -0.393 e. The fourth-order valence-electron chi connectivity index (χ4n) is 2.29. The number of aryl methyl sites for hydroxylation is 1. The molecular formula is C11H18ClN3O3S. The lowest BCUT2D eigenvalue weighted by molar-refractivity contribution is 0.0724. The molecule has 0 saturated heterocycles. The van der Waals surface area contributed by atoms with Crippen molar-refractivity contribution >= 4 is 21.6 Å². The Morgan fingerprint density at radius 2 is 2.21 bits per heavy atom. The highest BCUT2D eigenvalue weighted by atomic mass is 35.5. The molecule has 1 aliphatic carbocycles. The number of rotatable bonds is 4. The summed E-state index contributed by atoms with van der Waals surface area (Å²) in [5.74, 6) is -0.0361. The Bertz CT molecular complexity index is 543. The molecule has 0 amide bonds. The second-order valence-corrected chi connectivity index (χ2v) is 6.96. The summed E-state index contributed by atoms with van der Waals surface area (Å²) in [7, 11) is -2.09. The van der Waals surface area contributed by atoms with Crippen LogP contribution in [0.15, 0.2) is 11.4 Å². The molecule has 0 spiro atoms. The third-order valence-corrected chi connectivity index (χ3v) is 5.41. The molecular weight excluding hydrogens is 290 g/mol. The quantitative estimate of drug-likeness (QED) is 0.865. The lowest BCUT2D eigenvalue weighted by atomic mass is 9.87. The fraction of sp³-hybridized carbons (Fsp3) is 0.727. The molecule has 1 fully saturated rings. The molecule has 1 aromatic heterocycles. The summed E-state index contributed by atoms with van der Waals surface area (Å²) in [4.78, 5) is 3.79. The normalized spacial score (nSPS) is 24.6. The second-order valence-electron chi connectivity index (χ2n) is 4.92. The fourth-order valence-corrected chi connectivity index (χ4v) is 3.80. The van der Waals surface area contributed by atoms with E-state index in [-0.39, 0.29) is 22.6 Å². The van der Waals surface area contributed by atoms with E-state index in [0.29, 0.717) is 0 Å². The maximum absolute atomic E-state index is 12.1. The highest BCUT2D eigenvalue weighted by Gasteiger charge is 2.27. The summed E-state index contributed by atoms with van der Waals surface area (Å²) >= 11 is 5.88. The van der Waals surface area contributed by atoms with Gasteiger partial charge in [-0.05, 0) is 18.8 Å². The minimum absolute atomic E-state index is 0.0361. The molecule has 0 bridgehead atoms. The summed E-state index contributed by atoms with van der Waals surface area (Å²) in [5.41, 5.74) is 0. The van der Waals surface area contributed by atoms with Gasteiger partial charge in [0.2, 0.25) is 5.03 Å². The Balaban J connectivity index is 2.04. The Morgan fingerprint density at radius 3 is 2.79 bits per heavy atom. The van der Waals surface area contributed by atoms with Crippen molar-refractivity contribution in [3.8, 4) is 0 Å². The zero-order chi connectivity index (χ0) is 14.0. The lowest BCUT2D eigenvalue weighted by Crippen LogP contribution is -2.36. The number of sulfonamides is 1. The zero-order valence-corrected chi connectivity index (χ0v) is 12.3. The molecule has 2 N–H and O–H groups in total. The van der Waals surface area contributed by atoms with E-state index in [9.17, 15) is 13.5 Å². The number of nitrogens with one attached hydrogen (secondary N) is 1. The first-order valence-corrected chi connectivity index (χ1v) is 8.12. The van der Waals surface area contributed by atoms with E-state index in [1.165, 1.54) is 10.9 Å². The van der Waals surface area contributed by atoms with Gasteiger partial charge in [0.1, 0.15) is 5.15 Å². The first-order valence-electron chi connectivity index (χ1n) is 6.26. The van der Waals surface area contributed by atoms with Gasteiger partial charge in [0, 0.05) is 13.6 Å². The average Bonchev–Trinajstić information content (AvgIpc) is 2.70. The van der Waals surface area contributed by atoms with Gasteiger partial charge in [0.25, 0.3) is 10.0 Å². The number of imidazole rings is 1. The van der Waals surface area contributed by atoms with Crippen LogP contribution in [0.5, 0.6) is 0 Å². The monoisotopic (exact) mass is 307 g/mol. The molecule has 0 radical (unpaired) electrons. The van der Waals surface area contributed by atoms with E-state index in [2.05, 4.69) is 9.71 Å². The molecule has 2 unspecified atom stereocenters. The van der Waals surface area contributed by atoms with Gasteiger partial charge in [-0.1, -0.05) is 24.4 Å². The Morgan fingerprint density at radius 1 is 1.53 bits per heavy atom. The molecule has 0 aromatic carbocycles. The molecule has 6 nitrogen and oxygen atoms in total. The largest absolute Gasteiger partial charge is 0.393 e. The molecule has 8 heteroatoms. The van der Waals surface area contributed by atoms with Crippen molar-refractivity contribution in [1.29, 1.82) is 0 Å². The maximum atomic E-state index is 12.1. The van der Waals surface area contributed by atoms with Crippen LogP contribution in [0.1, 0.15) is 25.7 Å². The number of aromatic nitrogens is 2. The molecule has 2 atom stereocenters. The van der Waals surface area contributed by atoms with Gasteiger partial charge in [0.05, 0.1) is 12.4 Å². The van der Waals surface area contributed by atoms with Crippen molar-refractivity contribution in [3.05, 3.63) is 11.5 Å². The van der Waals surface area contributed by atoms with Crippen LogP contribution in [0.4, 0.5) is 0 Å². The number of hydrogen-bond donors (Lipinski definition) is 2. The van der Waals surface area contributed by atoms with Crippen LogP contribution < -0.4 is 4.72 Å². The minimum atomic E-state index is -3.72.